The van der Waals surface area contributed by atoms with E-state index in [1.165, 1.54) is 25.7 Å². The molecule has 3 atom stereocenters. The Kier molecular flexibility index (Phi) is 4.30. The molecule has 2 aliphatic rings. The maximum absolute atomic E-state index is 12.5. The fraction of sp³-hybridized carbons (Fsp3) is 0.500. The summed E-state index contributed by atoms with van der Waals surface area (Å²) in [4.78, 5) is 12.5. The van der Waals surface area contributed by atoms with Crippen molar-refractivity contribution in [3.05, 3.63) is 42.5 Å². The molecule has 6 heteroatoms. The summed E-state index contributed by atoms with van der Waals surface area (Å²) in [7, 11) is 0. The molecular formula is C18H23N5O. The number of rotatable bonds is 4. The topological polar surface area (TPSA) is 71.8 Å². The predicted octanol–water partition coefficient (Wildman–Crippen LogP) is 1.80. The Morgan fingerprint density at radius 1 is 1.25 bits per heavy atom. The lowest BCUT2D eigenvalue weighted by Crippen LogP contribution is -2.43. The van der Waals surface area contributed by atoms with Gasteiger partial charge in [0.2, 0.25) is 5.91 Å². The van der Waals surface area contributed by atoms with E-state index in [1.807, 2.05) is 34.9 Å². The molecule has 3 unspecified atom stereocenters. The van der Waals surface area contributed by atoms with E-state index in [-0.39, 0.29) is 11.9 Å². The molecule has 2 N–H and O–H groups in total. The molecule has 0 radical (unpaired) electrons. The number of hydrogen-bond donors (Lipinski definition) is 2. The van der Waals surface area contributed by atoms with Crippen LogP contribution < -0.4 is 10.6 Å². The van der Waals surface area contributed by atoms with Crippen molar-refractivity contribution in [1.29, 1.82) is 0 Å². The van der Waals surface area contributed by atoms with Gasteiger partial charge in [-0.2, -0.15) is 0 Å². The number of carbonyl (C=O) groups is 1. The summed E-state index contributed by atoms with van der Waals surface area (Å²) in [5, 5.41) is 14.7. The molecule has 1 aliphatic heterocycles. The van der Waals surface area contributed by atoms with Gasteiger partial charge in [0.1, 0.15) is 6.33 Å². The van der Waals surface area contributed by atoms with Gasteiger partial charge in [0, 0.05) is 11.7 Å². The third kappa shape index (κ3) is 3.06. The van der Waals surface area contributed by atoms with Gasteiger partial charge < -0.3 is 10.6 Å². The summed E-state index contributed by atoms with van der Waals surface area (Å²) < 4.78 is 1.90. The highest BCUT2D eigenvalue weighted by atomic mass is 16.2. The minimum Gasteiger partial charge on any atom is -0.347 e. The highest BCUT2D eigenvalue weighted by molar-refractivity contribution is 5.82. The number of para-hydroxylation sites is 1. The first-order chi connectivity index (χ1) is 11.8. The van der Waals surface area contributed by atoms with Crippen molar-refractivity contribution < 1.29 is 4.79 Å². The van der Waals surface area contributed by atoms with Gasteiger partial charge in [-0.15, -0.1) is 10.2 Å². The molecule has 126 valence electrons. The van der Waals surface area contributed by atoms with Crippen LogP contribution in [0.5, 0.6) is 0 Å². The fourth-order valence-electron chi connectivity index (χ4n) is 3.99. The van der Waals surface area contributed by atoms with Gasteiger partial charge in [-0.1, -0.05) is 31.0 Å². The molecule has 2 heterocycles. The number of aromatic nitrogens is 3. The number of nitrogens with zero attached hydrogens (tertiary/aromatic N) is 3. The van der Waals surface area contributed by atoms with E-state index in [2.05, 4.69) is 20.8 Å². The zero-order valence-electron chi connectivity index (χ0n) is 13.7. The second-order valence-corrected chi connectivity index (χ2v) is 6.78. The van der Waals surface area contributed by atoms with Crippen LogP contribution in [0.3, 0.4) is 0 Å². The molecule has 24 heavy (non-hydrogen) atoms. The van der Waals surface area contributed by atoms with Crippen LogP contribution in [0, 0.1) is 5.92 Å². The molecular weight excluding hydrogens is 302 g/mol. The van der Waals surface area contributed by atoms with Crippen molar-refractivity contribution in [2.24, 2.45) is 5.92 Å². The van der Waals surface area contributed by atoms with Crippen LogP contribution >= 0.6 is 0 Å². The Morgan fingerprint density at radius 2 is 2.08 bits per heavy atom. The van der Waals surface area contributed by atoms with Gasteiger partial charge in [-0.25, -0.2) is 0 Å². The third-order valence-corrected chi connectivity index (χ3v) is 5.25. The molecule has 0 spiro atoms. The number of benzene rings is 1. The first kappa shape index (κ1) is 15.3. The molecule has 1 saturated carbocycles. The van der Waals surface area contributed by atoms with Gasteiger partial charge in [0.25, 0.3) is 0 Å². The average molecular weight is 325 g/mol. The number of nitrogens with one attached hydrogen (secondary N) is 2. The van der Waals surface area contributed by atoms with Crippen molar-refractivity contribution in [3.8, 4) is 5.69 Å². The van der Waals surface area contributed by atoms with Crippen LogP contribution in [0.2, 0.25) is 0 Å². The molecule has 1 amide bonds. The largest absolute Gasteiger partial charge is 0.347 e. The highest BCUT2D eigenvalue weighted by Gasteiger charge is 2.38. The number of amides is 1. The van der Waals surface area contributed by atoms with E-state index in [0.29, 0.717) is 18.5 Å². The number of carbonyl (C=O) groups excluding carboxylic acids is 1. The van der Waals surface area contributed by atoms with Crippen LogP contribution in [0.15, 0.2) is 36.7 Å². The summed E-state index contributed by atoms with van der Waals surface area (Å²) in [5.74, 6) is 1.49. The maximum atomic E-state index is 12.5. The Bertz CT molecular complexity index is 684. The zero-order chi connectivity index (χ0) is 16.4. The Morgan fingerprint density at radius 3 is 2.92 bits per heavy atom. The molecule has 1 saturated heterocycles. The molecule has 0 bridgehead atoms. The average Bonchev–Trinajstić information content (AvgIpc) is 3.27. The van der Waals surface area contributed by atoms with Crippen molar-refractivity contribution >= 4 is 5.91 Å². The standard InChI is InChI=1S/C18H23N5O/c24-18(16-10-13-6-4-5-9-15(13)21-16)19-11-17-22-20-12-23(17)14-7-2-1-3-8-14/h1-3,7-8,12-13,15-16,21H,4-6,9-11H2,(H,19,24). The smallest absolute Gasteiger partial charge is 0.237 e. The predicted molar refractivity (Wildman–Crippen MR) is 90.5 cm³/mol. The van der Waals surface area contributed by atoms with Crippen molar-refractivity contribution in [1.82, 2.24) is 25.4 Å². The number of fused-ring (bicyclic) bond motifs is 1. The first-order valence-corrected chi connectivity index (χ1v) is 8.79. The zero-order valence-corrected chi connectivity index (χ0v) is 13.7. The molecule has 6 nitrogen and oxygen atoms in total. The second-order valence-electron chi connectivity index (χ2n) is 6.78. The quantitative estimate of drug-likeness (QED) is 0.899. The molecule has 2 aromatic rings. The van der Waals surface area contributed by atoms with E-state index in [1.54, 1.807) is 6.33 Å². The summed E-state index contributed by atoms with van der Waals surface area (Å²) in [6, 6.07) is 10.4. The fourth-order valence-corrected chi connectivity index (χ4v) is 3.99. The van der Waals surface area contributed by atoms with E-state index in [9.17, 15) is 4.79 Å². The van der Waals surface area contributed by atoms with E-state index >= 15 is 0 Å². The van der Waals surface area contributed by atoms with Gasteiger partial charge in [0.15, 0.2) is 5.82 Å². The van der Waals surface area contributed by atoms with Crippen LogP contribution in [-0.4, -0.2) is 32.8 Å². The molecule has 4 rings (SSSR count). The lowest BCUT2D eigenvalue weighted by atomic mass is 9.85. The van der Waals surface area contributed by atoms with Gasteiger partial charge in [-0.05, 0) is 37.3 Å². The lowest BCUT2D eigenvalue weighted by molar-refractivity contribution is -0.123. The Hall–Kier alpha value is -2.21. The van der Waals surface area contributed by atoms with Crippen LogP contribution in [-0.2, 0) is 11.3 Å². The van der Waals surface area contributed by atoms with E-state index in [4.69, 9.17) is 0 Å². The summed E-state index contributed by atoms with van der Waals surface area (Å²) in [6.45, 7) is 0.390. The summed E-state index contributed by atoms with van der Waals surface area (Å²) in [5.41, 5.74) is 0.997. The summed E-state index contributed by atoms with van der Waals surface area (Å²) in [6.07, 6.45) is 7.68. The minimum atomic E-state index is -0.0637. The van der Waals surface area contributed by atoms with Gasteiger partial charge >= 0.3 is 0 Å². The lowest BCUT2D eigenvalue weighted by Gasteiger charge is -2.24. The summed E-state index contributed by atoms with van der Waals surface area (Å²) >= 11 is 0. The number of hydrogen-bond acceptors (Lipinski definition) is 4. The van der Waals surface area contributed by atoms with Crippen molar-refractivity contribution in [2.75, 3.05) is 0 Å². The normalized spacial score (nSPS) is 26.1. The second kappa shape index (κ2) is 6.73. The van der Waals surface area contributed by atoms with Gasteiger partial charge in [0.05, 0.1) is 12.6 Å². The van der Waals surface area contributed by atoms with Crippen molar-refractivity contribution in [3.63, 3.8) is 0 Å². The first-order valence-electron chi connectivity index (χ1n) is 8.79. The SMILES string of the molecule is O=C(NCc1nncn1-c1ccccc1)C1CC2CCCCC2N1. The Labute approximate surface area is 141 Å². The Balaban J connectivity index is 1.38. The van der Waals surface area contributed by atoms with Gasteiger partial charge in [-0.3, -0.25) is 9.36 Å². The molecule has 1 aromatic heterocycles. The van der Waals surface area contributed by atoms with Crippen LogP contribution in [0.1, 0.15) is 37.9 Å². The monoisotopic (exact) mass is 325 g/mol. The van der Waals surface area contributed by atoms with Crippen molar-refractivity contribution in [2.45, 2.75) is 50.7 Å². The van der Waals surface area contributed by atoms with Crippen LogP contribution in [0.25, 0.3) is 5.69 Å². The molecule has 1 aromatic carbocycles. The maximum Gasteiger partial charge on any atom is 0.237 e. The molecule has 1 aliphatic carbocycles. The minimum absolute atomic E-state index is 0.0637. The van der Waals surface area contributed by atoms with Crippen LogP contribution in [0.4, 0.5) is 0 Å². The third-order valence-electron chi connectivity index (χ3n) is 5.25. The molecule has 2 fully saturated rings. The highest BCUT2D eigenvalue weighted by Crippen LogP contribution is 2.33. The van der Waals surface area contributed by atoms with E-state index in [0.717, 1.165) is 17.9 Å². The van der Waals surface area contributed by atoms with E-state index < -0.39 is 0 Å².